The second-order valence-corrected chi connectivity index (χ2v) is 8.46. The number of carbonyl (C=O) groups excluding carboxylic acids is 2. The number of pyridine rings is 1. The molecular formula is C27H24FN5O3. The maximum absolute atomic E-state index is 14.9. The summed E-state index contributed by atoms with van der Waals surface area (Å²) in [6, 6.07) is 15.4. The van der Waals surface area contributed by atoms with Crippen molar-refractivity contribution in [3.05, 3.63) is 95.7 Å². The van der Waals surface area contributed by atoms with Crippen LogP contribution in [0, 0.1) is 5.82 Å². The maximum Gasteiger partial charge on any atom is 0.259 e. The molecule has 0 spiro atoms. The van der Waals surface area contributed by atoms with Crippen LogP contribution in [0.1, 0.15) is 18.9 Å². The van der Waals surface area contributed by atoms with Gasteiger partial charge in [-0.25, -0.2) is 9.37 Å². The number of hydrazine groups is 1. The van der Waals surface area contributed by atoms with Crippen LogP contribution >= 0.6 is 0 Å². The number of benzene rings is 2. The Morgan fingerprint density at radius 3 is 2.67 bits per heavy atom. The third-order valence-corrected chi connectivity index (χ3v) is 6.20. The van der Waals surface area contributed by atoms with Crippen molar-refractivity contribution < 1.29 is 18.7 Å². The van der Waals surface area contributed by atoms with Crippen LogP contribution in [-0.4, -0.2) is 28.9 Å². The van der Waals surface area contributed by atoms with Crippen LogP contribution in [0.4, 0.5) is 21.6 Å². The van der Waals surface area contributed by atoms with Gasteiger partial charge >= 0.3 is 0 Å². The van der Waals surface area contributed by atoms with Gasteiger partial charge in [-0.15, -0.1) is 0 Å². The fraction of sp³-hybridized carbons (Fsp3) is 0.148. The Morgan fingerprint density at radius 2 is 1.92 bits per heavy atom. The van der Waals surface area contributed by atoms with Crippen LogP contribution in [0.3, 0.4) is 0 Å². The number of nitrogens with zero attached hydrogens (tertiary/aromatic N) is 3. The first kappa shape index (κ1) is 23.1. The van der Waals surface area contributed by atoms with Gasteiger partial charge in [0.1, 0.15) is 11.6 Å². The molecule has 2 aliphatic rings. The van der Waals surface area contributed by atoms with Crippen molar-refractivity contribution in [1.82, 2.24) is 9.99 Å². The molecule has 0 saturated heterocycles. The first-order chi connectivity index (χ1) is 17.3. The van der Waals surface area contributed by atoms with E-state index in [9.17, 15) is 14.0 Å². The summed E-state index contributed by atoms with van der Waals surface area (Å²) >= 11 is 0. The zero-order valence-corrected chi connectivity index (χ0v) is 19.8. The minimum Gasteiger partial charge on any atom is -0.454 e. The lowest BCUT2D eigenvalue weighted by molar-refractivity contribution is -0.116. The number of hydrogen-bond acceptors (Lipinski definition) is 6. The molecule has 3 heterocycles. The second kappa shape index (κ2) is 9.18. The predicted octanol–water partition coefficient (Wildman–Crippen LogP) is 4.99. The summed E-state index contributed by atoms with van der Waals surface area (Å²) in [6.45, 7) is 5.95. The lowest BCUT2D eigenvalue weighted by atomic mass is 10.1. The van der Waals surface area contributed by atoms with Crippen LogP contribution < -0.4 is 20.4 Å². The highest BCUT2D eigenvalue weighted by molar-refractivity contribution is 6.08. The summed E-state index contributed by atoms with van der Waals surface area (Å²) in [5.41, 5.74) is 3.51. The highest BCUT2D eigenvalue weighted by Gasteiger charge is 2.33. The van der Waals surface area contributed by atoms with Gasteiger partial charge in [-0.3, -0.25) is 19.6 Å². The standard InChI is InChI=1S/C27H24FN5O3/c1-16-25(17(2)33(32(16)3)19-7-5-4-6-8-19)27(35)30-18-9-11-23(21(28)15-18)36-22-13-14-29-26-20(22)10-12-24(34)31-26/h4-9,11,13-15H,2,10,12H2,1,3H3,(H,30,35)(H,29,31,34). The molecule has 0 radical (unpaired) electrons. The molecule has 2 aromatic carbocycles. The topological polar surface area (TPSA) is 86.8 Å². The monoisotopic (exact) mass is 485 g/mol. The van der Waals surface area contributed by atoms with Crippen LogP contribution in [0.2, 0.25) is 0 Å². The van der Waals surface area contributed by atoms with E-state index in [0.29, 0.717) is 41.2 Å². The molecule has 1 aromatic heterocycles. The van der Waals surface area contributed by atoms with Gasteiger partial charge in [0, 0.05) is 42.7 Å². The zero-order chi connectivity index (χ0) is 25.4. The summed E-state index contributed by atoms with van der Waals surface area (Å²) in [6.07, 6.45) is 2.25. The molecule has 0 saturated carbocycles. The van der Waals surface area contributed by atoms with Crippen LogP contribution in [0.5, 0.6) is 11.5 Å². The Kier molecular flexibility index (Phi) is 5.89. The van der Waals surface area contributed by atoms with Gasteiger partial charge in [-0.05, 0) is 43.7 Å². The lowest BCUT2D eigenvalue weighted by Crippen LogP contribution is -2.32. The number of hydrogen-bond donors (Lipinski definition) is 2. The number of fused-ring (bicyclic) bond motifs is 1. The van der Waals surface area contributed by atoms with E-state index in [0.717, 1.165) is 11.4 Å². The number of amides is 2. The summed E-state index contributed by atoms with van der Waals surface area (Å²) in [7, 11) is 1.85. The largest absolute Gasteiger partial charge is 0.454 e. The summed E-state index contributed by atoms with van der Waals surface area (Å²) < 4.78 is 20.7. The van der Waals surface area contributed by atoms with Gasteiger partial charge < -0.3 is 15.4 Å². The Balaban J connectivity index is 1.33. The molecule has 9 heteroatoms. The van der Waals surface area contributed by atoms with Crippen molar-refractivity contribution in [2.45, 2.75) is 19.8 Å². The molecule has 0 bridgehead atoms. The summed E-state index contributed by atoms with van der Waals surface area (Å²) in [5.74, 6) is -0.321. The average molecular weight is 486 g/mol. The second-order valence-electron chi connectivity index (χ2n) is 8.46. The Labute approximate surface area is 207 Å². The summed E-state index contributed by atoms with van der Waals surface area (Å²) in [4.78, 5) is 28.9. The SMILES string of the molecule is C=C1C(C(=O)Nc2ccc(Oc3ccnc4c3CCC(=O)N4)c(F)c2)=C(C)N(C)N1c1ccccc1. The fourth-order valence-corrected chi connectivity index (χ4v) is 4.33. The number of halogens is 1. The number of nitrogens with one attached hydrogen (secondary N) is 2. The fourth-order valence-electron chi connectivity index (χ4n) is 4.33. The highest BCUT2D eigenvalue weighted by atomic mass is 19.1. The Bertz CT molecular complexity index is 1420. The van der Waals surface area contributed by atoms with Gasteiger partial charge in [-0.2, -0.15) is 0 Å². The van der Waals surface area contributed by atoms with Crippen molar-refractivity contribution in [2.24, 2.45) is 0 Å². The van der Waals surface area contributed by atoms with Gasteiger partial charge in [0.15, 0.2) is 11.6 Å². The maximum atomic E-state index is 14.9. The van der Waals surface area contributed by atoms with E-state index in [2.05, 4.69) is 22.2 Å². The van der Waals surface area contributed by atoms with Crippen molar-refractivity contribution in [3.8, 4) is 11.5 Å². The molecule has 3 aromatic rings. The third-order valence-electron chi connectivity index (χ3n) is 6.20. The van der Waals surface area contributed by atoms with Gasteiger partial charge in [0.2, 0.25) is 5.91 Å². The number of allylic oxidation sites excluding steroid dienone is 1. The van der Waals surface area contributed by atoms with Crippen molar-refractivity contribution in [2.75, 3.05) is 22.7 Å². The first-order valence-corrected chi connectivity index (χ1v) is 11.4. The van der Waals surface area contributed by atoms with Crippen LogP contribution in [0.25, 0.3) is 0 Å². The third kappa shape index (κ3) is 4.15. The lowest BCUT2D eigenvalue weighted by Gasteiger charge is -2.29. The molecule has 2 amide bonds. The van der Waals surface area contributed by atoms with E-state index < -0.39 is 11.7 Å². The van der Waals surface area contributed by atoms with Crippen LogP contribution in [0.15, 0.2) is 84.3 Å². The van der Waals surface area contributed by atoms with Gasteiger partial charge in [0.05, 0.1) is 17.0 Å². The zero-order valence-electron chi connectivity index (χ0n) is 19.8. The predicted molar refractivity (Wildman–Crippen MR) is 135 cm³/mol. The number of carbonyl (C=O) groups is 2. The molecule has 36 heavy (non-hydrogen) atoms. The number of aromatic nitrogens is 1. The Hall–Kier alpha value is -4.66. The minimum atomic E-state index is -0.641. The molecule has 5 rings (SSSR count). The van der Waals surface area contributed by atoms with Crippen LogP contribution in [-0.2, 0) is 16.0 Å². The van der Waals surface area contributed by atoms with E-state index >= 15 is 0 Å². The molecule has 2 N–H and O–H groups in total. The highest BCUT2D eigenvalue weighted by Crippen LogP contribution is 2.36. The van der Waals surface area contributed by atoms with Crippen molar-refractivity contribution in [3.63, 3.8) is 0 Å². The van der Waals surface area contributed by atoms with E-state index in [1.807, 2.05) is 54.3 Å². The molecular weight excluding hydrogens is 461 g/mol. The van der Waals surface area contributed by atoms with Crippen molar-refractivity contribution >= 4 is 29.0 Å². The number of anilines is 3. The number of ether oxygens (including phenoxy) is 1. The average Bonchev–Trinajstić information content (AvgIpc) is 3.09. The first-order valence-electron chi connectivity index (χ1n) is 11.4. The molecule has 182 valence electrons. The smallest absolute Gasteiger partial charge is 0.259 e. The van der Waals surface area contributed by atoms with Crippen molar-refractivity contribution in [1.29, 1.82) is 0 Å². The Morgan fingerprint density at radius 1 is 1.14 bits per heavy atom. The quantitative estimate of drug-likeness (QED) is 0.530. The molecule has 0 unspecified atom stereocenters. The van der Waals surface area contributed by atoms with E-state index in [4.69, 9.17) is 4.74 Å². The molecule has 8 nitrogen and oxygen atoms in total. The minimum absolute atomic E-state index is 0.00560. The van der Waals surface area contributed by atoms with E-state index in [-0.39, 0.29) is 17.3 Å². The van der Waals surface area contributed by atoms with E-state index in [1.165, 1.54) is 18.3 Å². The number of rotatable bonds is 5. The molecule has 0 fully saturated rings. The summed E-state index contributed by atoms with van der Waals surface area (Å²) in [5, 5.41) is 9.15. The van der Waals surface area contributed by atoms with Gasteiger partial charge in [0.25, 0.3) is 5.91 Å². The molecule has 2 aliphatic heterocycles. The van der Waals surface area contributed by atoms with E-state index in [1.54, 1.807) is 12.1 Å². The molecule has 0 atom stereocenters. The number of para-hydroxylation sites is 1. The molecule has 0 aliphatic carbocycles. The van der Waals surface area contributed by atoms with Gasteiger partial charge in [-0.1, -0.05) is 24.8 Å². The normalized spacial score (nSPS) is 15.1.